The van der Waals surface area contributed by atoms with Crippen LogP contribution in [-0.4, -0.2) is 48.0 Å². The van der Waals surface area contributed by atoms with Crippen LogP contribution >= 0.6 is 11.8 Å². The number of rotatable bonds is 2. The lowest BCUT2D eigenvalue weighted by Gasteiger charge is -2.16. The van der Waals surface area contributed by atoms with Crippen molar-refractivity contribution < 1.29 is 19.1 Å². The Kier molecular flexibility index (Phi) is 7.77. The van der Waals surface area contributed by atoms with Crippen molar-refractivity contribution in [3.05, 3.63) is 0 Å². The number of amidine groups is 1. The van der Waals surface area contributed by atoms with Gasteiger partial charge in [0.1, 0.15) is 0 Å². The minimum atomic E-state index is -0.802. The first kappa shape index (κ1) is 16.4. The highest BCUT2D eigenvalue weighted by molar-refractivity contribution is 8.13. The molecule has 0 saturated heterocycles. The summed E-state index contributed by atoms with van der Waals surface area (Å²) in [6.45, 7) is 5.28. The Bertz CT molecular complexity index is 364. The summed E-state index contributed by atoms with van der Waals surface area (Å²) in [5.41, 5.74) is 0.620. The van der Waals surface area contributed by atoms with E-state index in [1.807, 2.05) is 6.92 Å². The van der Waals surface area contributed by atoms with E-state index in [0.717, 1.165) is 5.01 Å². The Labute approximate surface area is 110 Å². The van der Waals surface area contributed by atoms with Gasteiger partial charge in [-0.25, -0.2) is 9.59 Å². The maximum atomic E-state index is 11.6. The second-order valence-electron chi connectivity index (χ2n) is 3.13. The third kappa shape index (κ3) is 5.67. The average molecular weight is 275 g/mol. The molecule has 0 aliphatic heterocycles. The summed E-state index contributed by atoms with van der Waals surface area (Å²) in [4.78, 5) is 26.4. The van der Waals surface area contributed by atoms with Gasteiger partial charge in [0.15, 0.2) is 0 Å². The van der Waals surface area contributed by atoms with Gasteiger partial charge in [-0.1, -0.05) is 18.7 Å². The first-order valence-electron chi connectivity index (χ1n) is 5.15. The number of hydrogen-bond donors (Lipinski definition) is 0. The van der Waals surface area contributed by atoms with Crippen LogP contribution in [0, 0.1) is 0 Å². The number of ether oxygens (including phenoxy) is 2. The second kappa shape index (κ2) is 8.51. The van der Waals surface area contributed by atoms with E-state index in [9.17, 15) is 9.59 Å². The molecule has 0 spiro atoms. The van der Waals surface area contributed by atoms with Crippen LogP contribution in [0.3, 0.4) is 0 Å². The van der Waals surface area contributed by atoms with Crippen molar-refractivity contribution in [1.29, 1.82) is 0 Å². The summed E-state index contributed by atoms with van der Waals surface area (Å²) in [6.07, 6.45) is -1.52. The van der Waals surface area contributed by atoms with Crippen molar-refractivity contribution in [1.82, 2.24) is 5.01 Å². The molecular formula is C10H17N3O4S. The molecule has 7 nitrogen and oxygen atoms in total. The molecule has 0 aromatic rings. The fraction of sp³-hybridized carbons (Fsp3) is 0.600. The number of thioether (sulfide) groups is 1. The zero-order valence-corrected chi connectivity index (χ0v) is 11.9. The third-order valence-electron chi connectivity index (χ3n) is 1.46. The largest absolute Gasteiger partial charge is 0.451 e. The molecule has 0 radical (unpaired) electrons. The minimum absolute atomic E-state index is 0.109. The van der Waals surface area contributed by atoms with Crippen LogP contribution in [0.2, 0.25) is 0 Å². The normalized spacial score (nSPS) is 10.6. The lowest BCUT2D eigenvalue weighted by atomic mass is 10.5. The van der Waals surface area contributed by atoms with Gasteiger partial charge in [-0.05, 0) is 19.6 Å². The van der Waals surface area contributed by atoms with E-state index in [1.54, 1.807) is 13.8 Å². The minimum Gasteiger partial charge on any atom is -0.451 e. The van der Waals surface area contributed by atoms with Gasteiger partial charge in [-0.3, -0.25) is 0 Å². The highest BCUT2D eigenvalue weighted by Gasteiger charge is 2.21. The lowest BCUT2D eigenvalue weighted by Crippen LogP contribution is -2.32. The molecule has 0 bridgehead atoms. The first-order valence-corrected chi connectivity index (χ1v) is 6.14. The number of hydrazone groups is 1. The highest BCUT2D eigenvalue weighted by atomic mass is 32.2. The fourth-order valence-electron chi connectivity index (χ4n) is 0.842. The van der Waals surface area contributed by atoms with E-state index in [2.05, 4.69) is 19.6 Å². The molecular weight excluding hydrogens is 258 g/mol. The van der Waals surface area contributed by atoms with Crippen LogP contribution in [-0.2, 0) is 9.47 Å². The molecule has 0 N–H and O–H groups in total. The number of nitrogens with zero attached hydrogens (tertiary/aromatic N) is 3. The Morgan fingerprint density at radius 1 is 1.22 bits per heavy atom. The summed E-state index contributed by atoms with van der Waals surface area (Å²) in [6, 6.07) is 0. The van der Waals surface area contributed by atoms with Crippen molar-refractivity contribution in [2.45, 2.75) is 20.8 Å². The van der Waals surface area contributed by atoms with E-state index >= 15 is 0 Å². The van der Waals surface area contributed by atoms with Gasteiger partial charge in [-0.2, -0.15) is 5.10 Å². The Balaban J connectivity index is 5.34. The summed E-state index contributed by atoms with van der Waals surface area (Å²) in [7, 11) is 2.43. The molecule has 2 amide bonds. The molecule has 0 unspecified atom stereocenters. The van der Waals surface area contributed by atoms with E-state index in [1.165, 1.54) is 26.0 Å². The second-order valence-corrected chi connectivity index (χ2v) is 4.36. The molecule has 0 heterocycles. The number of hydrogen-bond acceptors (Lipinski definition) is 6. The smallest absolute Gasteiger partial charge is 0.436 e. The van der Waals surface area contributed by atoms with Crippen molar-refractivity contribution in [2.24, 2.45) is 10.1 Å². The monoisotopic (exact) mass is 275 g/mol. The summed E-state index contributed by atoms with van der Waals surface area (Å²) in [5.74, 6) is 0.613. The number of carbonyl (C=O) groups is 2. The van der Waals surface area contributed by atoms with Gasteiger partial charge in [-0.15, -0.1) is 10.0 Å². The molecule has 0 atom stereocenters. The fourth-order valence-corrected chi connectivity index (χ4v) is 1.48. The average Bonchev–Trinajstić information content (AvgIpc) is 2.34. The van der Waals surface area contributed by atoms with Crippen molar-refractivity contribution in [3.8, 4) is 0 Å². The number of methoxy groups -OCH3 is 2. The Hall–Kier alpha value is -1.57. The molecule has 0 aliphatic carbocycles. The van der Waals surface area contributed by atoms with Gasteiger partial charge in [0.25, 0.3) is 0 Å². The molecule has 0 saturated carbocycles. The lowest BCUT2D eigenvalue weighted by molar-refractivity contribution is 0.147. The predicted molar refractivity (Wildman–Crippen MR) is 71.0 cm³/mol. The van der Waals surface area contributed by atoms with Crippen molar-refractivity contribution >= 4 is 34.8 Å². The predicted octanol–water partition coefficient (Wildman–Crippen LogP) is 2.33. The van der Waals surface area contributed by atoms with Crippen LogP contribution in [0.1, 0.15) is 20.8 Å². The van der Waals surface area contributed by atoms with E-state index in [4.69, 9.17) is 0 Å². The maximum absolute atomic E-state index is 11.6. The standard InChI is InChI=1S/C10H17N3O4S/c1-6-18-8(11-9(14)16-4)13(10(15)17-5)12-7(2)3/h6H2,1-5H3. The van der Waals surface area contributed by atoms with Crippen LogP contribution in [0.25, 0.3) is 0 Å². The molecule has 0 aromatic heterocycles. The molecule has 102 valence electrons. The molecule has 0 rings (SSSR count). The number of carbonyl (C=O) groups excluding carboxylic acids is 2. The van der Waals surface area contributed by atoms with Crippen LogP contribution < -0.4 is 0 Å². The van der Waals surface area contributed by atoms with Gasteiger partial charge >= 0.3 is 12.2 Å². The summed E-state index contributed by atoms with van der Waals surface area (Å²) in [5, 5.41) is 5.01. The zero-order chi connectivity index (χ0) is 14.1. The Morgan fingerprint density at radius 2 is 1.83 bits per heavy atom. The number of aliphatic imine (C=N–C) groups is 1. The van der Waals surface area contributed by atoms with Crippen LogP contribution in [0.4, 0.5) is 9.59 Å². The molecule has 8 heteroatoms. The molecule has 0 fully saturated rings. The first-order chi connectivity index (χ1) is 8.46. The van der Waals surface area contributed by atoms with Crippen molar-refractivity contribution in [2.75, 3.05) is 20.0 Å². The van der Waals surface area contributed by atoms with Crippen LogP contribution in [0.15, 0.2) is 10.1 Å². The quantitative estimate of drug-likeness (QED) is 0.439. The van der Waals surface area contributed by atoms with E-state index in [0.29, 0.717) is 11.5 Å². The molecule has 0 aromatic carbocycles. The summed E-state index contributed by atoms with van der Waals surface area (Å²) < 4.78 is 9.02. The SMILES string of the molecule is CCSC(=NC(=O)OC)N(N=C(C)C)C(=O)OC. The van der Waals surface area contributed by atoms with Crippen molar-refractivity contribution in [3.63, 3.8) is 0 Å². The zero-order valence-electron chi connectivity index (χ0n) is 11.1. The van der Waals surface area contributed by atoms with E-state index in [-0.39, 0.29) is 5.17 Å². The third-order valence-corrected chi connectivity index (χ3v) is 2.27. The highest BCUT2D eigenvalue weighted by Crippen LogP contribution is 2.12. The van der Waals surface area contributed by atoms with Gasteiger partial charge in [0, 0.05) is 5.71 Å². The maximum Gasteiger partial charge on any atom is 0.436 e. The summed E-state index contributed by atoms with van der Waals surface area (Å²) >= 11 is 1.18. The topological polar surface area (TPSA) is 80.6 Å². The van der Waals surface area contributed by atoms with Crippen LogP contribution in [0.5, 0.6) is 0 Å². The molecule has 0 aliphatic rings. The van der Waals surface area contributed by atoms with E-state index < -0.39 is 12.2 Å². The van der Waals surface area contributed by atoms with Gasteiger partial charge in [0.05, 0.1) is 14.2 Å². The molecule has 18 heavy (non-hydrogen) atoms. The van der Waals surface area contributed by atoms with Gasteiger partial charge in [0.2, 0.25) is 5.17 Å². The van der Waals surface area contributed by atoms with Gasteiger partial charge < -0.3 is 9.47 Å². The Morgan fingerprint density at radius 3 is 2.22 bits per heavy atom. The number of amides is 2.